The largest absolute Gasteiger partial charge is 0.460 e. The maximum atomic E-state index is 13.4. The van der Waals surface area contributed by atoms with Gasteiger partial charge in [-0.05, 0) is 6.92 Å². The van der Waals surface area contributed by atoms with Gasteiger partial charge in [0.2, 0.25) is 0 Å². The molecule has 0 saturated heterocycles. The average molecular weight is 518 g/mol. The van der Waals surface area contributed by atoms with Crippen LogP contribution in [0.15, 0.2) is 12.7 Å². The van der Waals surface area contributed by atoms with Crippen LogP contribution in [0.25, 0.3) is 0 Å². The van der Waals surface area contributed by atoms with Gasteiger partial charge in [-0.2, -0.15) is 74.6 Å². The van der Waals surface area contributed by atoms with Crippen molar-refractivity contribution in [2.75, 3.05) is 0 Å². The van der Waals surface area contributed by atoms with Crippen LogP contribution in [0.3, 0.4) is 0 Å². The molecule has 1 atom stereocenters. The van der Waals surface area contributed by atoms with Crippen LogP contribution < -0.4 is 0 Å². The van der Waals surface area contributed by atoms with E-state index in [1.54, 1.807) is 0 Å². The lowest BCUT2D eigenvalue weighted by Crippen LogP contribution is -2.75. The predicted molar refractivity (Wildman–Crippen MR) is 66.4 cm³/mol. The van der Waals surface area contributed by atoms with Gasteiger partial charge in [0.05, 0.1) is 0 Å². The Kier molecular flexibility index (Phi) is 7.32. The fraction of sp³-hybridized carbons (Fsp3) is 0.769. The highest BCUT2D eigenvalue weighted by Gasteiger charge is 2.95. The van der Waals surface area contributed by atoms with Crippen LogP contribution in [0.1, 0.15) is 6.92 Å². The summed E-state index contributed by atoms with van der Waals surface area (Å²) in [6.07, 6.45) is -9.51. The van der Waals surface area contributed by atoms with Crippen LogP contribution in [0.5, 0.6) is 0 Å². The van der Waals surface area contributed by atoms with Gasteiger partial charge in [0.1, 0.15) is 6.10 Å². The molecule has 0 aliphatic heterocycles. The lowest BCUT2D eigenvalue weighted by Gasteiger charge is -2.42. The minimum absolute atomic E-state index is 0.354. The molecule has 0 amide bonds. The molecule has 0 rings (SSSR count). The highest BCUT2D eigenvalue weighted by Crippen LogP contribution is 2.64. The summed E-state index contributed by atoms with van der Waals surface area (Å²) in [5.41, 5.74) is 0. The predicted octanol–water partition coefficient (Wildman–Crippen LogP) is 6.11. The molecule has 0 aliphatic carbocycles. The van der Waals surface area contributed by atoms with E-state index in [1.165, 1.54) is 0 Å². The lowest BCUT2D eigenvalue weighted by atomic mass is 9.89. The molecule has 0 aliphatic rings. The van der Waals surface area contributed by atoms with Crippen LogP contribution in [0.4, 0.5) is 74.6 Å². The molecule has 0 saturated carbocycles. The number of esters is 1. The maximum Gasteiger partial charge on any atom is 0.460 e. The molecule has 0 bridgehead atoms. The van der Waals surface area contributed by atoms with Crippen LogP contribution in [-0.4, -0.2) is 59.7 Å². The van der Waals surface area contributed by atoms with Gasteiger partial charge in [0.25, 0.3) is 0 Å². The summed E-state index contributed by atoms with van der Waals surface area (Å²) in [5.74, 6) is -62.0. The van der Waals surface area contributed by atoms with E-state index in [0.717, 1.165) is 0 Å². The van der Waals surface area contributed by atoms with Crippen molar-refractivity contribution >= 4 is 5.97 Å². The van der Waals surface area contributed by atoms with Gasteiger partial charge in [-0.15, -0.1) is 0 Å². The summed E-state index contributed by atoms with van der Waals surface area (Å²) in [5, 5.41) is 0. The Bertz CT molecular complexity index is 720. The molecule has 0 radical (unpaired) electrons. The fourth-order valence-corrected chi connectivity index (χ4v) is 1.58. The molecule has 2 nitrogen and oxygen atoms in total. The first-order chi connectivity index (χ1) is 13.6. The molecule has 0 heterocycles. The Labute approximate surface area is 165 Å². The number of alkyl halides is 17. The quantitative estimate of drug-likeness (QED) is 0.209. The van der Waals surface area contributed by atoms with Gasteiger partial charge < -0.3 is 4.74 Å². The van der Waals surface area contributed by atoms with Crippen LogP contribution >= 0.6 is 0 Å². The van der Waals surface area contributed by atoms with E-state index in [2.05, 4.69) is 11.3 Å². The van der Waals surface area contributed by atoms with Crippen molar-refractivity contribution in [3.63, 3.8) is 0 Å². The van der Waals surface area contributed by atoms with Gasteiger partial charge in [0.15, 0.2) is 0 Å². The third-order valence-electron chi connectivity index (χ3n) is 3.60. The molecular formula is C13H7F17O2. The SMILES string of the molecule is C=CC(C)OC(=O)C(F)(F)C(F)(F)C(F)(F)C(F)(F)C(F)(F)C(F)(F)C(F)(F)C(F)(F)F. The van der Waals surface area contributed by atoms with E-state index >= 15 is 0 Å². The zero-order valence-electron chi connectivity index (χ0n) is 14.6. The first kappa shape index (κ1) is 30.0. The van der Waals surface area contributed by atoms with Crippen molar-refractivity contribution in [2.45, 2.75) is 60.7 Å². The van der Waals surface area contributed by atoms with Gasteiger partial charge in [-0.25, -0.2) is 4.79 Å². The minimum Gasteiger partial charge on any atom is -0.454 e. The number of ether oxygens (including phenoxy) is 1. The van der Waals surface area contributed by atoms with Crippen molar-refractivity contribution in [3.8, 4) is 0 Å². The summed E-state index contributed by atoms with van der Waals surface area (Å²) < 4.78 is 224. The average Bonchev–Trinajstić information content (AvgIpc) is 2.59. The molecule has 0 aromatic carbocycles. The fourth-order valence-electron chi connectivity index (χ4n) is 1.58. The third-order valence-corrected chi connectivity index (χ3v) is 3.60. The monoisotopic (exact) mass is 518 g/mol. The summed E-state index contributed by atoms with van der Waals surface area (Å²) in [6.45, 7) is 3.27. The lowest BCUT2D eigenvalue weighted by molar-refractivity contribution is -0.460. The molecule has 0 spiro atoms. The molecule has 19 heteroatoms. The van der Waals surface area contributed by atoms with E-state index < -0.39 is 59.7 Å². The topological polar surface area (TPSA) is 26.3 Å². The van der Waals surface area contributed by atoms with Crippen molar-refractivity contribution in [2.24, 2.45) is 0 Å². The molecule has 0 fully saturated rings. The minimum atomic E-state index is -8.75. The third kappa shape index (κ3) is 3.84. The maximum absolute atomic E-state index is 13.4. The van der Waals surface area contributed by atoms with Gasteiger partial charge >= 0.3 is 53.6 Å². The Morgan fingerprint density at radius 3 is 1.19 bits per heavy atom. The van der Waals surface area contributed by atoms with Crippen LogP contribution in [-0.2, 0) is 9.53 Å². The number of rotatable bonds is 9. The molecule has 1 unspecified atom stereocenters. The zero-order valence-corrected chi connectivity index (χ0v) is 14.6. The van der Waals surface area contributed by atoms with E-state index in [4.69, 9.17) is 0 Å². The van der Waals surface area contributed by atoms with E-state index in [0.29, 0.717) is 13.0 Å². The first-order valence-electron chi connectivity index (χ1n) is 7.18. The highest BCUT2D eigenvalue weighted by molar-refractivity contribution is 5.79. The molecule has 0 N–H and O–H groups in total. The van der Waals surface area contributed by atoms with E-state index in [1.807, 2.05) is 0 Å². The molecular weight excluding hydrogens is 511 g/mol. The van der Waals surface area contributed by atoms with Crippen molar-refractivity contribution in [3.05, 3.63) is 12.7 Å². The number of halogens is 17. The summed E-state index contributed by atoms with van der Waals surface area (Å²) in [6, 6.07) is 0. The van der Waals surface area contributed by atoms with Gasteiger partial charge in [0, 0.05) is 0 Å². The van der Waals surface area contributed by atoms with Gasteiger partial charge in [-0.1, -0.05) is 12.7 Å². The zero-order chi connectivity index (χ0) is 26.6. The van der Waals surface area contributed by atoms with E-state index in [-0.39, 0.29) is 0 Å². The molecule has 190 valence electrons. The van der Waals surface area contributed by atoms with Crippen LogP contribution in [0.2, 0.25) is 0 Å². The second-order valence-electron chi connectivity index (χ2n) is 5.86. The number of carbonyl (C=O) groups is 1. The number of carbonyl (C=O) groups excluding carboxylic acids is 1. The van der Waals surface area contributed by atoms with Crippen molar-refractivity contribution < 1.29 is 84.2 Å². The molecule has 0 aromatic rings. The molecule has 32 heavy (non-hydrogen) atoms. The highest BCUT2D eigenvalue weighted by atomic mass is 19.4. The second-order valence-corrected chi connectivity index (χ2v) is 5.86. The summed E-state index contributed by atoms with van der Waals surface area (Å²) >= 11 is 0. The Morgan fingerprint density at radius 1 is 0.625 bits per heavy atom. The van der Waals surface area contributed by atoms with Crippen molar-refractivity contribution in [1.29, 1.82) is 0 Å². The number of hydrogen-bond donors (Lipinski definition) is 0. The summed E-state index contributed by atoms with van der Waals surface area (Å²) in [4.78, 5) is 10.9. The Balaban J connectivity index is 6.72. The summed E-state index contributed by atoms with van der Waals surface area (Å²) in [7, 11) is 0. The standard InChI is InChI=1S/C13H7F17O2/c1-3-4(2)32-5(31)6(14,15)7(16,17)8(18,19)9(20,21)10(22,23)11(24,25)12(26,27)13(28,29)30/h3-4H,1H2,2H3. The van der Waals surface area contributed by atoms with Crippen LogP contribution in [0, 0.1) is 0 Å². The van der Waals surface area contributed by atoms with E-state index in [9.17, 15) is 79.4 Å². The number of hydrogen-bond acceptors (Lipinski definition) is 2. The Morgan fingerprint density at radius 2 is 0.906 bits per heavy atom. The second kappa shape index (κ2) is 7.81. The van der Waals surface area contributed by atoms with Crippen molar-refractivity contribution in [1.82, 2.24) is 0 Å². The first-order valence-corrected chi connectivity index (χ1v) is 7.18. The smallest absolute Gasteiger partial charge is 0.454 e. The molecule has 0 aromatic heterocycles. The Hall–Kier alpha value is -1.98. The normalized spacial score (nSPS) is 16.6. The van der Waals surface area contributed by atoms with Gasteiger partial charge in [-0.3, -0.25) is 0 Å².